The monoisotopic (exact) mass is 278 g/mol. The van der Waals surface area contributed by atoms with E-state index in [0.29, 0.717) is 6.04 Å². The molecule has 1 aliphatic heterocycles. The van der Waals surface area contributed by atoms with Crippen LogP contribution in [0.5, 0.6) is 0 Å². The van der Waals surface area contributed by atoms with Gasteiger partial charge in [-0.2, -0.15) is 0 Å². The third-order valence-corrected chi connectivity index (χ3v) is 4.07. The van der Waals surface area contributed by atoms with E-state index in [9.17, 15) is 0 Å². The van der Waals surface area contributed by atoms with Crippen molar-refractivity contribution in [2.45, 2.75) is 25.4 Å². The van der Waals surface area contributed by atoms with Crippen LogP contribution in [0.2, 0.25) is 5.02 Å². The Labute approximate surface area is 118 Å². The first-order valence-corrected chi connectivity index (χ1v) is 7.15. The van der Waals surface area contributed by atoms with Crippen molar-refractivity contribution >= 4 is 17.2 Å². The van der Waals surface area contributed by atoms with Crippen LogP contribution in [-0.4, -0.2) is 40.5 Å². The number of fused-ring (bicyclic) bond motifs is 1. The van der Waals surface area contributed by atoms with E-state index in [4.69, 9.17) is 11.6 Å². The number of rotatable bonds is 3. The summed E-state index contributed by atoms with van der Waals surface area (Å²) >= 11 is 6.06. The van der Waals surface area contributed by atoms with Crippen LogP contribution in [-0.2, 0) is 6.54 Å². The summed E-state index contributed by atoms with van der Waals surface area (Å²) in [5, 5.41) is 4.12. The topological polar surface area (TPSA) is 32.6 Å². The van der Waals surface area contributed by atoms with E-state index in [1.54, 1.807) is 0 Å². The maximum Gasteiger partial charge on any atom is 0.137 e. The molecule has 0 aliphatic carbocycles. The number of hydrogen-bond donors (Lipinski definition) is 1. The lowest BCUT2D eigenvalue weighted by Gasteiger charge is -2.32. The number of halogens is 1. The fourth-order valence-electron chi connectivity index (χ4n) is 2.79. The van der Waals surface area contributed by atoms with Crippen molar-refractivity contribution in [1.82, 2.24) is 19.6 Å². The van der Waals surface area contributed by atoms with E-state index >= 15 is 0 Å². The average Bonchev–Trinajstić information content (AvgIpc) is 2.81. The number of imidazole rings is 1. The van der Waals surface area contributed by atoms with Crippen LogP contribution < -0.4 is 5.32 Å². The van der Waals surface area contributed by atoms with Gasteiger partial charge < -0.3 is 9.72 Å². The van der Waals surface area contributed by atoms with Gasteiger partial charge in [0.05, 0.1) is 16.9 Å². The third-order valence-electron chi connectivity index (χ3n) is 3.85. The lowest BCUT2D eigenvalue weighted by atomic mass is 10.1. The van der Waals surface area contributed by atoms with Crippen LogP contribution in [0.1, 0.15) is 18.5 Å². The largest absolute Gasteiger partial charge is 0.316 e. The Morgan fingerprint density at radius 1 is 1.47 bits per heavy atom. The predicted octanol–water partition coefficient (Wildman–Crippen LogP) is 2.17. The van der Waals surface area contributed by atoms with Gasteiger partial charge in [-0.25, -0.2) is 4.98 Å². The predicted molar refractivity (Wildman–Crippen MR) is 77.6 cm³/mol. The van der Waals surface area contributed by atoms with Crippen molar-refractivity contribution in [3.63, 3.8) is 0 Å². The first-order chi connectivity index (χ1) is 9.26. The minimum Gasteiger partial charge on any atom is -0.316 e. The highest BCUT2D eigenvalue weighted by Gasteiger charge is 2.19. The summed E-state index contributed by atoms with van der Waals surface area (Å²) < 4.78 is 2.09. The molecule has 5 heteroatoms. The second kappa shape index (κ2) is 5.49. The minimum atomic E-state index is 0.608. The molecule has 1 saturated heterocycles. The Morgan fingerprint density at radius 2 is 2.37 bits per heavy atom. The Morgan fingerprint density at radius 3 is 3.21 bits per heavy atom. The van der Waals surface area contributed by atoms with E-state index < -0.39 is 0 Å². The van der Waals surface area contributed by atoms with Crippen molar-refractivity contribution in [2.24, 2.45) is 0 Å². The van der Waals surface area contributed by atoms with Crippen molar-refractivity contribution in [3.8, 4) is 0 Å². The van der Waals surface area contributed by atoms with Crippen molar-refractivity contribution < 1.29 is 0 Å². The van der Waals surface area contributed by atoms with Crippen LogP contribution in [0, 0.1) is 0 Å². The number of aromatic nitrogens is 2. The summed E-state index contributed by atoms with van der Waals surface area (Å²) in [6, 6.07) is 4.45. The van der Waals surface area contributed by atoms with Gasteiger partial charge in [-0.05, 0) is 38.6 Å². The fourth-order valence-corrected chi connectivity index (χ4v) is 2.95. The van der Waals surface area contributed by atoms with Gasteiger partial charge in [-0.1, -0.05) is 11.6 Å². The van der Waals surface area contributed by atoms with Crippen molar-refractivity contribution in [2.75, 3.05) is 20.1 Å². The molecule has 1 fully saturated rings. The molecule has 3 rings (SSSR count). The Balaban J connectivity index is 1.79. The van der Waals surface area contributed by atoms with E-state index in [-0.39, 0.29) is 0 Å². The molecule has 0 aromatic carbocycles. The quantitative estimate of drug-likeness (QED) is 0.934. The Bertz CT molecular complexity index is 566. The average molecular weight is 279 g/mol. The molecule has 102 valence electrons. The Hall–Kier alpha value is -1.10. The molecule has 2 aromatic rings. The van der Waals surface area contributed by atoms with Crippen LogP contribution in [0.3, 0.4) is 0 Å². The SMILES string of the molecule is CNC1CCCN(Cc2cnc3ccc(Cl)cn23)C1. The van der Waals surface area contributed by atoms with Gasteiger partial charge in [-0.3, -0.25) is 4.90 Å². The van der Waals surface area contributed by atoms with Crippen molar-refractivity contribution in [3.05, 3.63) is 35.2 Å². The molecule has 2 aromatic heterocycles. The van der Waals surface area contributed by atoms with Crippen LogP contribution >= 0.6 is 11.6 Å². The maximum absolute atomic E-state index is 6.06. The van der Waals surface area contributed by atoms with Gasteiger partial charge >= 0.3 is 0 Å². The van der Waals surface area contributed by atoms with E-state index in [1.165, 1.54) is 18.5 Å². The zero-order chi connectivity index (χ0) is 13.2. The standard InChI is InChI=1S/C14H19ClN4/c1-16-12-3-2-6-18(9-12)10-13-7-17-14-5-4-11(15)8-19(13)14/h4-5,7-8,12,16H,2-3,6,9-10H2,1H3. The second-order valence-corrected chi connectivity index (χ2v) is 5.62. The molecule has 0 spiro atoms. The molecule has 19 heavy (non-hydrogen) atoms. The molecule has 1 aliphatic rings. The maximum atomic E-state index is 6.06. The summed E-state index contributed by atoms with van der Waals surface area (Å²) in [4.78, 5) is 6.91. The molecule has 4 nitrogen and oxygen atoms in total. The zero-order valence-corrected chi connectivity index (χ0v) is 11.9. The Kier molecular flexibility index (Phi) is 3.73. The normalized spacial score (nSPS) is 21.1. The van der Waals surface area contributed by atoms with Gasteiger partial charge in [0.2, 0.25) is 0 Å². The number of likely N-dealkylation sites (N-methyl/N-ethyl adjacent to an activating group) is 1. The summed E-state index contributed by atoms with van der Waals surface area (Å²) in [7, 11) is 2.04. The summed E-state index contributed by atoms with van der Waals surface area (Å²) in [5.74, 6) is 0. The van der Waals surface area contributed by atoms with E-state index in [0.717, 1.165) is 30.3 Å². The van der Waals surface area contributed by atoms with E-state index in [2.05, 4.69) is 19.6 Å². The van der Waals surface area contributed by atoms with Gasteiger partial charge in [0.1, 0.15) is 5.65 Å². The number of pyridine rings is 1. The molecule has 0 radical (unpaired) electrons. The molecule has 0 bridgehead atoms. The lowest BCUT2D eigenvalue weighted by Crippen LogP contribution is -2.44. The molecule has 1 N–H and O–H groups in total. The van der Waals surface area contributed by atoms with Crippen LogP contribution in [0.4, 0.5) is 0 Å². The summed E-state index contributed by atoms with van der Waals surface area (Å²) in [6.45, 7) is 3.19. The second-order valence-electron chi connectivity index (χ2n) is 5.19. The van der Waals surface area contributed by atoms with Gasteiger partial charge in [0, 0.05) is 25.3 Å². The van der Waals surface area contributed by atoms with Crippen molar-refractivity contribution in [1.29, 1.82) is 0 Å². The van der Waals surface area contributed by atoms with Gasteiger partial charge in [0.25, 0.3) is 0 Å². The fraction of sp³-hybridized carbons (Fsp3) is 0.500. The van der Waals surface area contributed by atoms with Crippen LogP contribution in [0.25, 0.3) is 5.65 Å². The number of likely N-dealkylation sites (tertiary alicyclic amines) is 1. The molecule has 3 heterocycles. The highest BCUT2D eigenvalue weighted by Crippen LogP contribution is 2.17. The zero-order valence-electron chi connectivity index (χ0n) is 11.1. The number of piperidine rings is 1. The molecular formula is C14H19ClN4. The number of nitrogens with zero attached hydrogens (tertiary/aromatic N) is 3. The number of nitrogens with one attached hydrogen (secondary N) is 1. The summed E-state index contributed by atoms with van der Waals surface area (Å²) in [5.41, 5.74) is 2.16. The van der Waals surface area contributed by atoms with Gasteiger partial charge in [-0.15, -0.1) is 0 Å². The summed E-state index contributed by atoms with van der Waals surface area (Å²) in [6.07, 6.45) is 6.42. The first-order valence-electron chi connectivity index (χ1n) is 6.77. The molecular weight excluding hydrogens is 260 g/mol. The molecule has 0 saturated carbocycles. The van der Waals surface area contributed by atoms with Crippen LogP contribution in [0.15, 0.2) is 24.5 Å². The molecule has 1 unspecified atom stereocenters. The third kappa shape index (κ3) is 2.76. The highest BCUT2D eigenvalue weighted by atomic mass is 35.5. The lowest BCUT2D eigenvalue weighted by molar-refractivity contribution is 0.186. The molecule has 1 atom stereocenters. The minimum absolute atomic E-state index is 0.608. The molecule has 0 amide bonds. The smallest absolute Gasteiger partial charge is 0.137 e. The van der Waals surface area contributed by atoms with Gasteiger partial charge in [0.15, 0.2) is 0 Å². The highest BCUT2D eigenvalue weighted by molar-refractivity contribution is 6.30. The van der Waals surface area contributed by atoms with E-state index in [1.807, 2.05) is 31.6 Å². The number of hydrogen-bond acceptors (Lipinski definition) is 3. The first kappa shape index (κ1) is 12.9.